The van der Waals surface area contributed by atoms with Crippen LogP contribution in [0.4, 0.5) is 0 Å². The van der Waals surface area contributed by atoms with E-state index in [1.807, 2.05) is 13.0 Å². The number of pyridine rings is 1. The summed E-state index contributed by atoms with van der Waals surface area (Å²) in [5.41, 5.74) is 3.32. The van der Waals surface area contributed by atoms with Crippen molar-refractivity contribution in [3.05, 3.63) is 41.6 Å². The summed E-state index contributed by atoms with van der Waals surface area (Å²) in [5.74, 6) is 0. The summed E-state index contributed by atoms with van der Waals surface area (Å²) in [4.78, 5) is 4.55. The first-order valence-corrected chi connectivity index (χ1v) is 6.36. The minimum Gasteiger partial charge on any atom is -0.368 e. The number of hydrogen-bond donors (Lipinski definition) is 1. The molecule has 1 aliphatic rings. The lowest BCUT2D eigenvalue weighted by Crippen LogP contribution is -2.58. The van der Waals surface area contributed by atoms with E-state index in [9.17, 15) is 0 Å². The highest BCUT2D eigenvalue weighted by Gasteiger charge is 2.32. The van der Waals surface area contributed by atoms with Gasteiger partial charge in [0.2, 0.25) is 0 Å². The van der Waals surface area contributed by atoms with Gasteiger partial charge in [-0.2, -0.15) is 0 Å². The van der Waals surface area contributed by atoms with E-state index in [0.29, 0.717) is 6.61 Å². The van der Waals surface area contributed by atoms with Gasteiger partial charge in [-0.25, -0.2) is 0 Å². The number of para-hydroxylation sites is 1. The Morgan fingerprint density at radius 1 is 1.33 bits per heavy atom. The fraction of sp³-hybridized carbons (Fsp3) is 0.400. The predicted octanol–water partition coefficient (Wildman–Crippen LogP) is 2.42. The molecular formula is C15H18N2O. The molecule has 0 spiro atoms. The molecule has 2 aromatic rings. The number of nitrogens with one attached hydrogen (secondary N) is 1. The van der Waals surface area contributed by atoms with E-state index >= 15 is 0 Å². The number of fused-ring (bicyclic) bond motifs is 1. The van der Waals surface area contributed by atoms with Crippen LogP contribution in [0.3, 0.4) is 0 Å². The van der Waals surface area contributed by atoms with Crippen molar-refractivity contribution in [2.75, 3.05) is 13.1 Å². The molecule has 1 aromatic carbocycles. The average Bonchev–Trinajstić information content (AvgIpc) is 2.33. The zero-order chi connectivity index (χ0) is 12.6. The minimum atomic E-state index is -0.00171. The molecule has 0 amide bonds. The molecule has 0 unspecified atom stereocenters. The monoisotopic (exact) mass is 242 g/mol. The minimum absolute atomic E-state index is 0.00171. The van der Waals surface area contributed by atoms with Crippen LogP contribution in [0.5, 0.6) is 0 Å². The third kappa shape index (κ3) is 2.11. The van der Waals surface area contributed by atoms with Crippen LogP contribution < -0.4 is 5.32 Å². The van der Waals surface area contributed by atoms with E-state index in [1.165, 1.54) is 10.9 Å². The second-order valence-corrected chi connectivity index (χ2v) is 5.28. The lowest BCUT2D eigenvalue weighted by atomic mass is 10.00. The van der Waals surface area contributed by atoms with Crippen LogP contribution in [-0.4, -0.2) is 23.7 Å². The Morgan fingerprint density at radius 2 is 2.11 bits per heavy atom. The number of aryl methyl sites for hydroxylation is 1. The molecule has 94 valence electrons. The summed E-state index contributed by atoms with van der Waals surface area (Å²) in [6, 6.07) is 10.4. The molecule has 0 aliphatic carbocycles. The van der Waals surface area contributed by atoms with Crippen molar-refractivity contribution in [3.8, 4) is 0 Å². The molecule has 3 heteroatoms. The summed E-state index contributed by atoms with van der Waals surface area (Å²) >= 11 is 0. The van der Waals surface area contributed by atoms with Crippen LogP contribution in [-0.2, 0) is 11.3 Å². The molecule has 1 fully saturated rings. The Morgan fingerprint density at radius 3 is 2.83 bits per heavy atom. The summed E-state index contributed by atoms with van der Waals surface area (Å²) in [5, 5.41) is 4.44. The largest absolute Gasteiger partial charge is 0.368 e. The highest BCUT2D eigenvalue weighted by Crippen LogP contribution is 2.23. The molecule has 0 atom stereocenters. The van der Waals surface area contributed by atoms with Gasteiger partial charge < -0.3 is 10.1 Å². The van der Waals surface area contributed by atoms with Gasteiger partial charge in [0.05, 0.1) is 17.7 Å². The summed E-state index contributed by atoms with van der Waals surface area (Å²) in [6.07, 6.45) is 0. The van der Waals surface area contributed by atoms with Crippen molar-refractivity contribution in [3.63, 3.8) is 0 Å². The molecule has 1 aliphatic heterocycles. The van der Waals surface area contributed by atoms with Gasteiger partial charge in [-0.1, -0.05) is 18.2 Å². The lowest BCUT2D eigenvalue weighted by Gasteiger charge is -2.39. The highest BCUT2D eigenvalue weighted by atomic mass is 16.5. The number of rotatable bonds is 3. The molecule has 0 radical (unpaired) electrons. The van der Waals surface area contributed by atoms with E-state index in [1.54, 1.807) is 0 Å². The van der Waals surface area contributed by atoms with Crippen molar-refractivity contribution in [1.29, 1.82) is 0 Å². The van der Waals surface area contributed by atoms with Crippen molar-refractivity contribution < 1.29 is 4.74 Å². The number of aromatic nitrogens is 1. The molecular weight excluding hydrogens is 224 g/mol. The highest BCUT2D eigenvalue weighted by molar-refractivity contribution is 5.82. The zero-order valence-corrected chi connectivity index (χ0v) is 10.9. The Labute approximate surface area is 107 Å². The number of hydrogen-bond acceptors (Lipinski definition) is 3. The molecule has 0 bridgehead atoms. The molecule has 3 rings (SSSR count). The number of benzene rings is 1. The summed E-state index contributed by atoms with van der Waals surface area (Å²) < 4.78 is 6.02. The van der Waals surface area contributed by atoms with Crippen LogP contribution in [0.2, 0.25) is 0 Å². The molecule has 3 nitrogen and oxygen atoms in total. The summed E-state index contributed by atoms with van der Waals surface area (Å²) in [7, 11) is 0. The van der Waals surface area contributed by atoms with Gasteiger partial charge in [-0.15, -0.1) is 0 Å². The van der Waals surface area contributed by atoms with Crippen LogP contribution in [0.15, 0.2) is 30.3 Å². The van der Waals surface area contributed by atoms with Crippen molar-refractivity contribution in [2.24, 2.45) is 0 Å². The number of ether oxygens (including phenoxy) is 1. The van der Waals surface area contributed by atoms with Gasteiger partial charge in [-0.05, 0) is 31.5 Å². The van der Waals surface area contributed by atoms with E-state index in [4.69, 9.17) is 4.74 Å². The smallest absolute Gasteiger partial charge is 0.0906 e. The molecule has 2 heterocycles. The van der Waals surface area contributed by atoms with Gasteiger partial charge >= 0.3 is 0 Å². The second kappa shape index (κ2) is 4.34. The third-order valence-corrected chi connectivity index (χ3v) is 3.50. The first-order chi connectivity index (χ1) is 8.66. The standard InChI is InChI=1S/C15H18N2O/c1-11-7-12(8-18-15(2)9-16-10-15)13-5-3-4-6-14(13)17-11/h3-7,16H,8-10H2,1-2H3. The van der Waals surface area contributed by atoms with E-state index in [-0.39, 0.29) is 5.60 Å². The fourth-order valence-corrected chi connectivity index (χ4v) is 2.35. The Hall–Kier alpha value is -1.45. The Kier molecular flexibility index (Phi) is 2.80. The zero-order valence-electron chi connectivity index (χ0n) is 10.9. The lowest BCUT2D eigenvalue weighted by molar-refractivity contribution is -0.0763. The SMILES string of the molecule is Cc1cc(COC2(C)CNC2)c2ccccc2n1. The third-order valence-electron chi connectivity index (χ3n) is 3.50. The van der Waals surface area contributed by atoms with Gasteiger partial charge in [-0.3, -0.25) is 4.98 Å². The summed E-state index contributed by atoms with van der Waals surface area (Å²) in [6.45, 7) is 6.72. The molecule has 18 heavy (non-hydrogen) atoms. The second-order valence-electron chi connectivity index (χ2n) is 5.28. The molecule has 1 N–H and O–H groups in total. The predicted molar refractivity (Wildman–Crippen MR) is 72.5 cm³/mol. The topological polar surface area (TPSA) is 34.1 Å². The molecule has 1 saturated heterocycles. The van der Waals surface area contributed by atoms with Crippen LogP contribution >= 0.6 is 0 Å². The van der Waals surface area contributed by atoms with E-state index in [0.717, 1.165) is 24.3 Å². The molecule has 1 aromatic heterocycles. The van der Waals surface area contributed by atoms with Gasteiger partial charge in [0.25, 0.3) is 0 Å². The van der Waals surface area contributed by atoms with Crippen LogP contribution in [0.1, 0.15) is 18.2 Å². The van der Waals surface area contributed by atoms with Crippen molar-refractivity contribution >= 4 is 10.9 Å². The van der Waals surface area contributed by atoms with Crippen LogP contribution in [0, 0.1) is 6.92 Å². The maximum Gasteiger partial charge on any atom is 0.0906 e. The van der Waals surface area contributed by atoms with Crippen LogP contribution in [0.25, 0.3) is 10.9 Å². The van der Waals surface area contributed by atoms with Gasteiger partial charge in [0, 0.05) is 24.2 Å². The fourth-order valence-electron chi connectivity index (χ4n) is 2.35. The first-order valence-electron chi connectivity index (χ1n) is 6.36. The first kappa shape index (κ1) is 11.6. The van der Waals surface area contributed by atoms with Crippen molar-refractivity contribution in [1.82, 2.24) is 10.3 Å². The molecule has 0 saturated carbocycles. The quantitative estimate of drug-likeness (QED) is 0.897. The van der Waals surface area contributed by atoms with E-state index < -0.39 is 0 Å². The maximum atomic E-state index is 6.02. The average molecular weight is 242 g/mol. The maximum absolute atomic E-state index is 6.02. The van der Waals surface area contributed by atoms with Gasteiger partial charge in [0.15, 0.2) is 0 Å². The Balaban J connectivity index is 1.90. The number of nitrogens with zero attached hydrogens (tertiary/aromatic N) is 1. The van der Waals surface area contributed by atoms with E-state index in [2.05, 4.69) is 41.5 Å². The van der Waals surface area contributed by atoms with Crippen molar-refractivity contribution in [2.45, 2.75) is 26.1 Å². The Bertz CT molecular complexity index is 576. The normalized spacial score (nSPS) is 17.7. The van der Waals surface area contributed by atoms with Gasteiger partial charge in [0.1, 0.15) is 0 Å².